The minimum Gasteiger partial charge on any atom is -0.497 e. The minimum atomic E-state index is -0.500. The number of anilines is 1. The Morgan fingerprint density at radius 1 is 0.956 bits per heavy atom. The largest absolute Gasteiger partial charge is 0.497 e. The number of aromatic nitrogens is 1. The lowest BCUT2D eigenvalue weighted by Gasteiger charge is -2.40. The van der Waals surface area contributed by atoms with E-state index in [-0.39, 0.29) is 6.47 Å². The molecule has 0 aliphatic carbocycles. The highest BCUT2D eigenvalue weighted by Crippen LogP contribution is 2.41. The standard InChI is InChI=1S/C33H45N3O.C4H10O.CH2O2/c1-7-8-30-24(2)35-25(3)31(32(30)36-21-18-33(4,5)19-22-36)28-13-9-27(10-14-28)23-34-20-17-26-11-15-29(37-6)16-12-26;1-4(2,3)5;2-1-3/h9-16,34H,7-8,17-23H2,1-6H3;5H,1-3H3;1H,(H,2,3). The van der Waals surface area contributed by atoms with Gasteiger partial charge in [0.2, 0.25) is 0 Å². The van der Waals surface area contributed by atoms with Crippen LogP contribution in [0, 0.1) is 19.3 Å². The average molecular weight is 620 g/mol. The number of piperidine rings is 1. The molecule has 3 aromatic rings. The summed E-state index contributed by atoms with van der Waals surface area (Å²) in [6.45, 7) is 20.5. The maximum Gasteiger partial charge on any atom is 0.290 e. The van der Waals surface area contributed by atoms with Crippen molar-refractivity contribution in [1.82, 2.24) is 10.3 Å². The fraction of sp³-hybridized carbons (Fsp3) is 0.526. The highest BCUT2D eigenvalue weighted by atomic mass is 16.5. The lowest BCUT2D eigenvalue weighted by molar-refractivity contribution is -0.122. The number of nitrogens with zero attached hydrogens (tertiary/aromatic N) is 2. The monoisotopic (exact) mass is 619 g/mol. The molecule has 7 heteroatoms. The molecule has 45 heavy (non-hydrogen) atoms. The van der Waals surface area contributed by atoms with E-state index in [4.69, 9.17) is 24.7 Å². The summed E-state index contributed by atoms with van der Waals surface area (Å²) < 4.78 is 5.25. The van der Waals surface area contributed by atoms with Crippen molar-refractivity contribution in [2.45, 2.75) is 99.6 Å². The zero-order chi connectivity index (χ0) is 33.6. The number of hydrogen-bond donors (Lipinski definition) is 3. The summed E-state index contributed by atoms with van der Waals surface area (Å²) in [5.74, 6) is 0.907. The number of benzene rings is 2. The predicted molar refractivity (Wildman–Crippen MR) is 187 cm³/mol. The van der Waals surface area contributed by atoms with E-state index in [0.29, 0.717) is 5.41 Å². The van der Waals surface area contributed by atoms with Crippen LogP contribution in [-0.4, -0.2) is 54.0 Å². The van der Waals surface area contributed by atoms with Gasteiger partial charge < -0.3 is 25.2 Å². The number of aliphatic hydroxyl groups is 1. The van der Waals surface area contributed by atoms with Gasteiger partial charge in [-0.15, -0.1) is 0 Å². The number of carboxylic acid groups (broad SMARTS) is 1. The van der Waals surface area contributed by atoms with Gasteiger partial charge in [0, 0.05) is 36.6 Å². The van der Waals surface area contributed by atoms with Crippen LogP contribution in [-0.2, 0) is 24.2 Å². The van der Waals surface area contributed by atoms with Gasteiger partial charge in [-0.1, -0.05) is 63.6 Å². The molecule has 3 N–H and O–H groups in total. The van der Waals surface area contributed by atoms with Crippen LogP contribution < -0.4 is 15.0 Å². The van der Waals surface area contributed by atoms with Crippen molar-refractivity contribution in [2.75, 3.05) is 31.6 Å². The molecule has 0 unspecified atom stereocenters. The summed E-state index contributed by atoms with van der Waals surface area (Å²) in [6.07, 6.45) is 5.70. The average Bonchev–Trinajstić information content (AvgIpc) is 2.97. The van der Waals surface area contributed by atoms with Crippen LogP contribution in [0.3, 0.4) is 0 Å². The number of carbonyl (C=O) groups is 1. The molecule has 1 fully saturated rings. The normalized spacial score (nSPS) is 14.0. The van der Waals surface area contributed by atoms with Crippen LogP contribution in [0.1, 0.15) is 88.9 Å². The second-order valence-corrected chi connectivity index (χ2v) is 13.6. The molecule has 0 saturated carbocycles. The number of pyridine rings is 1. The summed E-state index contributed by atoms with van der Waals surface area (Å²) in [4.78, 5) is 16.0. The van der Waals surface area contributed by atoms with E-state index < -0.39 is 5.60 Å². The summed E-state index contributed by atoms with van der Waals surface area (Å²) in [5, 5.41) is 19.0. The maximum atomic E-state index is 8.52. The van der Waals surface area contributed by atoms with Crippen LogP contribution in [0.5, 0.6) is 5.75 Å². The molecule has 0 spiro atoms. The van der Waals surface area contributed by atoms with Crippen molar-refractivity contribution in [2.24, 2.45) is 5.41 Å². The Morgan fingerprint density at radius 3 is 2.00 bits per heavy atom. The molecule has 7 nitrogen and oxygen atoms in total. The Hall–Kier alpha value is -3.42. The molecule has 1 aliphatic heterocycles. The van der Waals surface area contributed by atoms with E-state index in [1.54, 1.807) is 27.9 Å². The summed E-state index contributed by atoms with van der Waals surface area (Å²) in [7, 11) is 1.71. The van der Waals surface area contributed by atoms with Gasteiger partial charge >= 0.3 is 0 Å². The second-order valence-electron chi connectivity index (χ2n) is 13.6. The van der Waals surface area contributed by atoms with Crippen LogP contribution in [0.2, 0.25) is 0 Å². The molecule has 0 bridgehead atoms. The van der Waals surface area contributed by atoms with Gasteiger partial charge in [0.25, 0.3) is 6.47 Å². The van der Waals surface area contributed by atoms with E-state index in [1.165, 1.54) is 52.0 Å². The van der Waals surface area contributed by atoms with Crippen molar-refractivity contribution in [3.63, 3.8) is 0 Å². The molecule has 1 aromatic heterocycles. The highest BCUT2D eigenvalue weighted by Gasteiger charge is 2.29. The molecule has 0 amide bonds. The third-order valence-electron chi connectivity index (χ3n) is 7.91. The smallest absolute Gasteiger partial charge is 0.290 e. The third-order valence-corrected chi connectivity index (χ3v) is 7.91. The number of rotatable bonds is 10. The first-order valence-corrected chi connectivity index (χ1v) is 16.2. The van der Waals surface area contributed by atoms with Crippen LogP contribution in [0.25, 0.3) is 11.1 Å². The first kappa shape index (κ1) is 37.8. The SMILES string of the molecule is CC(C)(C)O.CCCc1c(C)nc(C)c(-c2ccc(CNCCc3ccc(OC)cc3)cc2)c1N1CCC(C)(C)CC1.O=CO. The Balaban J connectivity index is 0.000000789. The Labute approximate surface area is 272 Å². The maximum absolute atomic E-state index is 8.52. The van der Waals surface area contributed by atoms with Crippen molar-refractivity contribution in [3.8, 4) is 16.9 Å². The zero-order valence-corrected chi connectivity index (χ0v) is 29.2. The summed E-state index contributed by atoms with van der Waals surface area (Å²) >= 11 is 0. The molecular formula is C38H57N3O4. The lowest BCUT2D eigenvalue weighted by Crippen LogP contribution is -2.38. The fourth-order valence-electron chi connectivity index (χ4n) is 5.49. The van der Waals surface area contributed by atoms with Gasteiger partial charge in [-0.25, -0.2) is 0 Å². The number of hydrogen-bond acceptors (Lipinski definition) is 6. The molecule has 1 aliphatic rings. The van der Waals surface area contributed by atoms with E-state index >= 15 is 0 Å². The molecule has 2 aromatic carbocycles. The lowest BCUT2D eigenvalue weighted by atomic mass is 9.82. The van der Waals surface area contributed by atoms with Crippen molar-refractivity contribution in [3.05, 3.63) is 76.6 Å². The van der Waals surface area contributed by atoms with E-state index in [1.807, 2.05) is 12.1 Å². The van der Waals surface area contributed by atoms with Crippen LogP contribution in [0.15, 0.2) is 48.5 Å². The van der Waals surface area contributed by atoms with E-state index in [0.717, 1.165) is 56.9 Å². The molecular weight excluding hydrogens is 562 g/mol. The van der Waals surface area contributed by atoms with Crippen molar-refractivity contribution >= 4 is 12.2 Å². The predicted octanol–water partition coefficient (Wildman–Crippen LogP) is 7.76. The number of nitrogens with one attached hydrogen (secondary N) is 1. The molecule has 1 saturated heterocycles. The van der Waals surface area contributed by atoms with E-state index in [9.17, 15) is 0 Å². The van der Waals surface area contributed by atoms with Crippen LogP contribution >= 0.6 is 0 Å². The summed E-state index contributed by atoms with van der Waals surface area (Å²) in [5.41, 5.74) is 10.4. The number of ether oxygens (including phenoxy) is 1. The highest BCUT2D eigenvalue weighted by molar-refractivity contribution is 5.83. The Kier molecular flexibility index (Phi) is 15.0. The van der Waals surface area contributed by atoms with Gasteiger partial charge in [0.05, 0.1) is 18.4 Å². The quantitative estimate of drug-likeness (QED) is 0.158. The summed E-state index contributed by atoms with van der Waals surface area (Å²) in [6, 6.07) is 17.5. The zero-order valence-electron chi connectivity index (χ0n) is 29.2. The molecule has 0 atom stereocenters. The van der Waals surface area contributed by atoms with Gasteiger partial charge in [-0.05, 0) is 107 Å². The number of methoxy groups -OCH3 is 1. The topological polar surface area (TPSA) is 94.9 Å². The van der Waals surface area contributed by atoms with Gasteiger partial charge in [0.15, 0.2) is 0 Å². The molecule has 0 radical (unpaired) electrons. The van der Waals surface area contributed by atoms with Gasteiger partial charge in [-0.3, -0.25) is 9.78 Å². The van der Waals surface area contributed by atoms with E-state index in [2.05, 4.69) is 81.2 Å². The second kappa shape index (κ2) is 17.9. The molecule has 248 valence electrons. The van der Waals surface area contributed by atoms with Gasteiger partial charge in [-0.2, -0.15) is 0 Å². The number of aryl methyl sites for hydroxylation is 2. The fourth-order valence-corrected chi connectivity index (χ4v) is 5.49. The molecule has 4 rings (SSSR count). The minimum absolute atomic E-state index is 0.250. The van der Waals surface area contributed by atoms with Gasteiger partial charge in [0.1, 0.15) is 5.75 Å². The third kappa shape index (κ3) is 12.8. The first-order valence-electron chi connectivity index (χ1n) is 16.2. The first-order chi connectivity index (χ1) is 21.2. The van der Waals surface area contributed by atoms with Crippen molar-refractivity contribution < 1.29 is 19.7 Å². The molecule has 2 heterocycles. The Bertz CT molecular complexity index is 1300. The Morgan fingerprint density at radius 2 is 1.49 bits per heavy atom. The van der Waals surface area contributed by atoms with Crippen LogP contribution in [0.4, 0.5) is 5.69 Å². The van der Waals surface area contributed by atoms with Crippen molar-refractivity contribution in [1.29, 1.82) is 0 Å².